The fraction of sp³-hybridized carbons (Fsp3) is 0.444. The minimum Gasteiger partial charge on any atom is -0.492 e. The first-order valence-electron chi connectivity index (χ1n) is 7.75. The van der Waals surface area contributed by atoms with Crippen LogP contribution < -0.4 is 10.1 Å². The fourth-order valence-corrected chi connectivity index (χ4v) is 2.83. The number of unbranched alkanes of at least 4 members (excludes halogenated alkanes) is 1. The first-order valence-corrected chi connectivity index (χ1v) is 8.55. The molecule has 0 aromatic heterocycles. The molecule has 0 fully saturated rings. The van der Waals surface area contributed by atoms with Crippen molar-refractivity contribution in [1.82, 2.24) is 5.32 Å². The molecule has 114 valence electrons. The molecule has 0 amide bonds. The molecule has 0 bridgehead atoms. The van der Waals surface area contributed by atoms with Crippen LogP contribution in [0.4, 0.5) is 0 Å². The Morgan fingerprint density at radius 3 is 2.76 bits per heavy atom. The summed E-state index contributed by atoms with van der Waals surface area (Å²) in [6.45, 7) is 6.26. The summed E-state index contributed by atoms with van der Waals surface area (Å²) < 4.78 is 6.96. The Hall–Kier alpha value is -1.06. The fourth-order valence-electron chi connectivity index (χ4n) is 2.23. The van der Waals surface area contributed by atoms with Gasteiger partial charge in [0.05, 0.1) is 11.1 Å². The van der Waals surface area contributed by atoms with Gasteiger partial charge in [-0.25, -0.2) is 0 Å². The Morgan fingerprint density at radius 1 is 1.14 bits per heavy atom. The molecule has 1 N–H and O–H groups in total. The zero-order valence-corrected chi connectivity index (χ0v) is 14.4. The van der Waals surface area contributed by atoms with E-state index in [1.54, 1.807) is 0 Å². The highest BCUT2D eigenvalue weighted by atomic mass is 79.9. The average molecular weight is 350 g/mol. The first kappa shape index (κ1) is 16.3. The van der Waals surface area contributed by atoms with Crippen molar-refractivity contribution in [2.45, 2.75) is 39.2 Å². The van der Waals surface area contributed by atoms with Crippen molar-refractivity contribution < 1.29 is 4.74 Å². The number of fused-ring (bicyclic) bond motifs is 1. The second-order valence-electron chi connectivity index (χ2n) is 5.42. The third-order valence-electron chi connectivity index (χ3n) is 3.76. The van der Waals surface area contributed by atoms with Crippen LogP contribution in [0.5, 0.6) is 5.75 Å². The van der Waals surface area contributed by atoms with Crippen LogP contribution in [0.15, 0.2) is 40.9 Å². The smallest absolute Gasteiger partial charge is 0.134 e. The third kappa shape index (κ3) is 4.72. The zero-order valence-electron chi connectivity index (χ0n) is 12.9. The molecular formula is C18H24BrNO. The van der Waals surface area contributed by atoms with E-state index in [1.807, 2.05) is 6.07 Å². The Morgan fingerprint density at radius 2 is 1.95 bits per heavy atom. The van der Waals surface area contributed by atoms with Crippen molar-refractivity contribution in [3.05, 3.63) is 40.9 Å². The van der Waals surface area contributed by atoms with Crippen LogP contribution in [0, 0.1) is 0 Å². The van der Waals surface area contributed by atoms with Crippen LogP contribution in [0.25, 0.3) is 10.8 Å². The predicted molar refractivity (Wildman–Crippen MR) is 94.1 cm³/mol. The number of hydrogen-bond acceptors (Lipinski definition) is 2. The molecule has 2 rings (SSSR count). The summed E-state index contributed by atoms with van der Waals surface area (Å²) >= 11 is 3.66. The van der Waals surface area contributed by atoms with Crippen LogP contribution in [0.3, 0.4) is 0 Å². The van der Waals surface area contributed by atoms with E-state index in [9.17, 15) is 0 Å². The molecule has 21 heavy (non-hydrogen) atoms. The Balaban J connectivity index is 1.80. The van der Waals surface area contributed by atoms with Gasteiger partial charge in [0.2, 0.25) is 0 Å². The normalized spacial score (nSPS) is 12.5. The number of benzene rings is 2. The van der Waals surface area contributed by atoms with E-state index in [0.717, 1.165) is 36.2 Å². The number of ether oxygens (including phenoxy) is 1. The predicted octanol–water partition coefficient (Wildman–Crippen LogP) is 5.15. The molecule has 0 saturated heterocycles. The summed E-state index contributed by atoms with van der Waals surface area (Å²) in [4.78, 5) is 0. The second kappa shape index (κ2) is 8.40. The summed E-state index contributed by atoms with van der Waals surface area (Å²) in [6.07, 6.45) is 3.40. The first-order chi connectivity index (χ1) is 10.2. The standard InChI is InChI=1S/C18H24BrNO/c1-3-14(2)20-12-6-7-13-21-17-11-10-15-8-4-5-9-16(15)18(17)19/h4-5,8-11,14,20H,3,6-7,12-13H2,1-2H3/t14-/m1/s1. The summed E-state index contributed by atoms with van der Waals surface area (Å²) in [5.41, 5.74) is 0. The van der Waals surface area contributed by atoms with Gasteiger partial charge in [-0.2, -0.15) is 0 Å². The van der Waals surface area contributed by atoms with Crippen LogP contribution in [0.1, 0.15) is 33.1 Å². The SMILES string of the molecule is CC[C@@H](C)NCCCCOc1ccc2ccccc2c1Br. The maximum absolute atomic E-state index is 5.90. The molecule has 3 heteroatoms. The van der Waals surface area contributed by atoms with Crippen LogP contribution in [-0.2, 0) is 0 Å². The van der Waals surface area contributed by atoms with Crippen LogP contribution >= 0.6 is 15.9 Å². The quantitative estimate of drug-likeness (QED) is 0.665. The van der Waals surface area contributed by atoms with Gasteiger partial charge >= 0.3 is 0 Å². The highest BCUT2D eigenvalue weighted by Crippen LogP contribution is 2.33. The monoisotopic (exact) mass is 349 g/mol. The Kier molecular flexibility index (Phi) is 6.52. The van der Waals surface area contributed by atoms with Gasteiger partial charge in [-0.15, -0.1) is 0 Å². The van der Waals surface area contributed by atoms with Gasteiger partial charge in [-0.05, 0) is 65.5 Å². The van der Waals surface area contributed by atoms with E-state index in [-0.39, 0.29) is 0 Å². The summed E-state index contributed by atoms with van der Waals surface area (Å²) in [6, 6.07) is 13.1. The van der Waals surface area contributed by atoms with Crippen LogP contribution in [0.2, 0.25) is 0 Å². The molecule has 0 spiro atoms. The molecule has 1 atom stereocenters. The lowest BCUT2D eigenvalue weighted by atomic mass is 10.1. The molecule has 2 aromatic carbocycles. The average Bonchev–Trinajstić information content (AvgIpc) is 2.52. The molecule has 0 aliphatic heterocycles. The van der Waals surface area contributed by atoms with E-state index in [4.69, 9.17) is 4.74 Å². The minimum atomic E-state index is 0.612. The minimum absolute atomic E-state index is 0.612. The number of rotatable bonds is 8. The van der Waals surface area contributed by atoms with Gasteiger partial charge < -0.3 is 10.1 Å². The lowest BCUT2D eigenvalue weighted by Gasteiger charge is -2.12. The maximum atomic E-state index is 5.90. The third-order valence-corrected chi connectivity index (χ3v) is 4.58. The molecule has 0 saturated carbocycles. The van der Waals surface area contributed by atoms with E-state index >= 15 is 0 Å². The van der Waals surface area contributed by atoms with E-state index in [0.29, 0.717) is 6.04 Å². The summed E-state index contributed by atoms with van der Waals surface area (Å²) in [5, 5.41) is 5.93. The summed E-state index contributed by atoms with van der Waals surface area (Å²) in [5.74, 6) is 0.934. The largest absolute Gasteiger partial charge is 0.492 e. The number of nitrogens with one attached hydrogen (secondary N) is 1. The van der Waals surface area contributed by atoms with Crippen LogP contribution in [-0.4, -0.2) is 19.2 Å². The van der Waals surface area contributed by atoms with Crippen molar-refractivity contribution in [3.63, 3.8) is 0 Å². The zero-order chi connectivity index (χ0) is 15.1. The van der Waals surface area contributed by atoms with Gasteiger partial charge in [0.1, 0.15) is 5.75 Å². The van der Waals surface area contributed by atoms with Crippen molar-refractivity contribution in [3.8, 4) is 5.75 Å². The maximum Gasteiger partial charge on any atom is 0.134 e. The number of halogens is 1. The Labute approximate surface area is 136 Å². The van der Waals surface area contributed by atoms with E-state index < -0.39 is 0 Å². The topological polar surface area (TPSA) is 21.3 Å². The van der Waals surface area contributed by atoms with Crippen molar-refractivity contribution in [2.24, 2.45) is 0 Å². The van der Waals surface area contributed by atoms with Crippen molar-refractivity contribution in [2.75, 3.05) is 13.2 Å². The van der Waals surface area contributed by atoms with Gasteiger partial charge in [0, 0.05) is 6.04 Å². The van der Waals surface area contributed by atoms with E-state index in [1.165, 1.54) is 17.2 Å². The molecule has 0 heterocycles. The van der Waals surface area contributed by atoms with Gasteiger partial charge in [-0.3, -0.25) is 0 Å². The van der Waals surface area contributed by atoms with Crippen molar-refractivity contribution >= 4 is 26.7 Å². The second-order valence-corrected chi connectivity index (χ2v) is 6.21. The highest BCUT2D eigenvalue weighted by Gasteiger charge is 2.05. The molecule has 0 aliphatic carbocycles. The van der Waals surface area contributed by atoms with Gasteiger partial charge in [0.15, 0.2) is 0 Å². The summed E-state index contributed by atoms with van der Waals surface area (Å²) in [7, 11) is 0. The molecular weight excluding hydrogens is 326 g/mol. The molecule has 0 aliphatic rings. The van der Waals surface area contributed by atoms with E-state index in [2.05, 4.69) is 65.4 Å². The van der Waals surface area contributed by atoms with Gasteiger partial charge in [0.25, 0.3) is 0 Å². The van der Waals surface area contributed by atoms with Gasteiger partial charge in [-0.1, -0.05) is 37.3 Å². The lowest BCUT2D eigenvalue weighted by molar-refractivity contribution is 0.303. The molecule has 2 nitrogen and oxygen atoms in total. The number of hydrogen-bond donors (Lipinski definition) is 1. The lowest BCUT2D eigenvalue weighted by Crippen LogP contribution is -2.26. The highest BCUT2D eigenvalue weighted by molar-refractivity contribution is 9.10. The molecule has 0 radical (unpaired) electrons. The Bertz CT molecular complexity index is 570. The van der Waals surface area contributed by atoms with Crippen molar-refractivity contribution in [1.29, 1.82) is 0 Å². The molecule has 0 unspecified atom stereocenters. The molecule has 2 aromatic rings.